The number of nitrogens with zero attached hydrogens (tertiary/aromatic N) is 1. The summed E-state index contributed by atoms with van der Waals surface area (Å²) in [4.78, 5) is 10.9. The SMILES string of the molecule is COc1ccc(N=O)c(NCCC2(O)CCC3(CC2)OCCO3)c1. The molecule has 24 heavy (non-hydrogen) atoms. The Labute approximate surface area is 141 Å². The fraction of sp³-hybridized carbons (Fsp3) is 0.647. The third-order valence-corrected chi connectivity index (χ3v) is 4.96. The number of hydrogen-bond acceptors (Lipinski definition) is 7. The molecule has 1 saturated heterocycles. The molecule has 0 unspecified atom stereocenters. The van der Waals surface area contributed by atoms with Crippen molar-refractivity contribution in [3.05, 3.63) is 23.1 Å². The van der Waals surface area contributed by atoms with Crippen LogP contribution in [0.2, 0.25) is 0 Å². The maximum atomic E-state index is 10.9. The minimum Gasteiger partial charge on any atom is -0.497 e. The molecule has 1 heterocycles. The summed E-state index contributed by atoms with van der Waals surface area (Å²) in [6.07, 6.45) is 3.29. The van der Waals surface area contributed by atoms with Crippen LogP contribution >= 0.6 is 0 Å². The topological polar surface area (TPSA) is 89.4 Å². The summed E-state index contributed by atoms with van der Waals surface area (Å²) in [7, 11) is 1.57. The average Bonchev–Trinajstić information content (AvgIpc) is 3.07. The highest BCUT2D eigenvalue weighted by Gasteiger charge is 2.45. The van der Waals surface area contributed by atoms with Crippen molar-refractivity contribution in [3.8, 4) is 5.75 Å². The Morgan fingerprint density at radius 2 is 1.96 bits per heavy atom. The zero-order valence-corrected chi connectivity index (χ0v) is 13.9. The zero-order chi connectivity index (χ0) is 17.0. The number of ether oxygens (including phenoxy) is 3. The van der Waals surface area contributed by atoms with Crippen LogP contribution in [0.15, 0.2) is 23.4 Å². The van der Waals surface area contributed by atoms with Crippen molar-refractivity contribution in [2.24, 2.45) is 5.18 Å². The van der Waals surface area contributed by atoms with Crippen molar-refractivity contribution in [1.82, 2.24) is 0 Å². The van der Waals surface area contributed by atoms with E-state index in [0.717, 1.165) is 0 Å². The van der Waals surface area contributed by atoms with Gasteiger partial charge in [-0.2, -0.15) is 0 Å². The first-order valence-electron chi connectivity index (χ1n) is 8.34. The average molecular weight is 336 g/mol. The lowest BCUT2D eigenvalue weighted by molar-refractivity contribution is -0.202. The Kier molecular flexibility index (Phi) is 5.03. The predicted molar refractivity (Wildman–Crippen MR) is 89.6 cm³/mol. The van der Waals surface area contributed by atoms with E-state index in [2.05, 4.69) is 10.5 Å². The number of benzene rings is 1. The van der Waals surface area contributed by atoms with Gasteiger partial charge in [-0.1, -0.05) is 0 Å². The summed E-state index contributed by atoms with van der Waals surface area (Å²) >= 11 is 0. The second-order valence-electron chi connectivity index (χ2n) is 6.48. The van der Waals surface area contributed by atoms with Crippen LogP contribution < -0.4 is 10.1 Å². The minimum absolute atomic E-state index is 0.332. The molecule has 1 saturated carbocycles. The lowest BCUT2D eigenvalue weighted by Crippen LogP contribution is -2.44. The molecule has 1 spiro atoms. The zero-order valence-electron chi connectivity index (χ0n) is 13.9. The number of aliphatic hydroxyl groups is 1. The van der Waals surface area contributed by atoms with Gasteiger partial charge in [0.1, 0.15) is 11.4 Å². The summed E-state index contributed by atoms with van der Waals surface area (Å²) in [5.41, 5.74) is 0.210. The number of anilines is 1. The van der Waals surface area contributed by atoms with Gasteiger partial charge in [0.05, 0.1) is 31.6 Å². The number of methoxy groups -OCH3 is 1. The van der Waals surface area contributed by atoms with Gasteiger partial charge in [0.2, 0.25) is 0 Å². The van der Waals surface area contributed by atoms with Gasteiger partial charge >= 0.3 is 0 Å². The molecule has 1 aliphatic carbocycles. The molecule has 132 valence electrons. The van der Waals surface area contributed by atoms with E-state index in [1.807, 2.05) is 0 Å². The molecule has 2 N–H and O–H groups in total. The molecule has 3 rings (SSSR count). The molecule has 0 bridgehead atoms. The Morgan fingerprint density at radius 3 is 2.58 bits per heavy atom. The van der Waals surface area contributed by atoms with Gasteiger partial charge in [-0.15, -0.1) is 4.91 Å². The van der Waals surface area contributed by atoms with Gasteiger partial charge in [-0.3, -0.25) is 0 Å². The second-order valence-corrected chi connectivity index (χ2v) is 6.48. The van der Waals surface area contributed by atoms with E-state index in [1.165, 1.54) is 0 Å². The lowest BCUT2D eigenvalue weighted by Gasteiger charge is -2.40. The molecule has 1 aliphatic heterocycles. The van der Waals surface area contributed by atoms with E-state index in [9.17, 15) is 10.0 Å². The van der Waals surface area contributed by atoms with Gasteiger partial charge in [0, 0.05) is 25.5 Å². The van der Waals surface area contributed by atoms with E-state index >= 15 is 0 Å². The van der Waals surface area contributed by atoms with Gasteiger partial charge in [0.25, 0.3) is 0 Å². The molecule has 0 aromatic heterocycles. The number of nitroso groups, excluding NO2 is 1. The first-order valence-corrected chi connectivity index (χ1v) is 8.34. The fourth-order valence-corrected chi connectivity index (χ4v) is 3.43. The molecule has 2 aliphatic rings. The van der Waals surface area contributed by atoms with E-state index in [0.29, 0.717) is 69.0 Å². The molecular formula is C17H24N2O5. The summed E-state index contributed by atoms with van der Waals surface area (Å²) in [6.45, 7) is 1.81. The molecule has 7 heteroatoms. The van der Waals surface area contributed by atoms with E-state index in [1.54, 1.807) is 25.3 Å². The monoisotopic (exact) mass is 336 g/mol. The number of rotatable bonds is 6. The van der Waals surface area contributed by atoms with Gasteiger partial charge in [0.15, 0.2) is 5.79 Å². The predicted octanol–water partition coefficient (Wildman–Crippen LogP) is 2.94. The highest BCUT2D eigenvalue weighted by atomic mass is 16.7. The van der Waals surface area contributed by atoms with Gasteiger partial charge < -0.3 is 24.6 Å². The molecule has 1 aromatic carbocycles. The van der Waals surface area contributed by atoms with Crippen LogP contribution in [0.1, 0.15) is 32.1 Å². The van der Waals surface area contributed by atoms with Gasteiger partial charge in [-0.05, 0) is 36.6 Å². The van der Waals surface area contributed by atoms with E-state index in [-0.39, 0.29) is 0 Å². The van der Waals surface area contributed by atoms with Crippen LogP contribution in [0.3, 0.4) is 0 Å². The standard InChI is InChI=1S/C17H24N2O5/c1-22-13-2-3-14(19-21)15(12-13)18-9-8-16(20)4-6-17(7-5-16)23-10-11-24-17/h2-3,12,18,20H,4-11H2,1H3. The normalized spacial score (nSPS) is 21.6. The third kappa shape index (κ3) is 3.68. The van der Waals surface area contributed by atoms with E-state index in [4.69, 9.17) is 14.2 Å². The van der Waals surface area contributed by atoms with Gasteiger partial charge in [-0.25, -0.2) is 0 Å². The molecule has 0 amide bonds. The lowest BCUT2D eigenvalue weighted by atomic mass is 9.79. The Bertz CT molecular complexity index is 576. The summed E-state index contributed by atoms with van der Waals surface area (Å²) in [5, 5.41) is 16.9. The molecule has 7 nitrogen and oxygen atoms in total. The first kappa shape index (κ1) is 17.1. The van der Waals surface area contributed by atoms with Crippen molar-refractivity contribution in [2.45, 2.75) is 43.5 Å². The molecule has 1 aromatic rings. The smallest absolute Gasteiger partial charge is 0.168 e. The Hall–Kier alpha value is -1.70. The van der Waals surface area contributed by atoms with Crippen LogP contribution in [0, 0.1) is 4.91 Å². The Balaban J connectivity index is 1.54. The number of hydrogen-bond donors (Lipinski definition) is 2. The molecule has 0 radical (unpaired) electrons. The van der Waals surface area contributed by atoms with Crippen LogP contribution in [0.25, 0.3) is 0 Å². The maximum absolute atomic E-state index is 10.9. The maximum Gasteiger partial charge on any atom is 0.168 e. The summed E-state index contributed by atoms with van der Waals surface area (Å²) < 4.78 is 16.6. The van der Waals surface area contributed by atoms with Crippen molar-refractivity contribution < 1.29 is 19.3 Å². The molecular weight excluding hydrogens is 312 g/mol. The minimum atomic E-state index is -0.735. The Morgan fingerprint density at radius 1 is 1.25 bits per heavy atom. The van der Waals surface area contributed by atoms with Crippen molar-refractivity contribution >= 4 is 11.4 Å². The van der Waals surface area contributed by atoms with Crippen LogP contribution in [0.4, 0.5) is 11.4 Å². The van der Waals surface area contributed by atoms with Crippen LogP contribution in [-0.2, 0) is 9.47 Å². The highest BCUT2D eigenvalue weighted by molar-refractivity contribution is 5.67. The largest absolute Gasteiger partial charge is 0.497 e. The van der Waals surface area contributed by atoms with Crippen LogP contribution in [-0.4, -0.2) is 43.4 Å². The molecule has 0 atom stereocenters. The third-order valence-electron chi connectivity index (χ3n) is 4.96. The summed E-state index contributed by atoms with van der Waals surface area (Å²) in [6, 6.07) is 5.04. The molecule has 2 fully saturated rings. The second kappa shape index (κ2) is 7.04. The number of nitrogens with one attached hydrogen (secondary N) is 1. The van der Waals surface area contributed by atoms with Crippen LogP contribution in [0.5, 0.6) is 5.75 Å². The summed E-state index contributed by atoms with van der Waals surface area (Å²) in [5.74, 6) is 0.180. The highest BCUT2D eigenvalue weighted by Crippen LogP contribution is 2.41. The van der Waals surface area contributed by atoms with Crippen molar-refractivity contribution in [3.63, 3.8) is 0 Å². The quantitative estimate of drug-likeness (QED) is 0.776. The van der Waals surface area contributed by atoms with Crippen molar-refractivity contribution in [2.75, 3.05) is 32.2 Å². The van der Waals surface area contributed by atoms with Crippen molar-refractivity contribution in [1.29, 1.82) is 0 Å². The fourth-order valence-electron chi connectivity index (χ4n) is 3.43. The van der Waals surface area contributed by atoms with E-state index < -0.39 is 11.4 Å². The first-order chi connectivity index (χ1) is 11.6.